The largest absolute Gasteiger partial charge is 0.481 e. The van der Waals surface area contributed by atoms with Gasteiger partial charge < -0.3 is 14.4 Å². The van der Waals surface area contributed by atoms with Crippen LogP contribution in [0.15, 0.2) is 51.9 Å². The molecule has 0 amide bonds. The molecule has 0 bridgehead atoms. The summed E-state index contributed by atoms with van der Waals surface area (Å²) in [7, 11) is 0. The van der Waals surface area contributed by atoms with Gasteiger partial charge in [-0.3, -0.25) is 9.78 Å². The highest BCUT2D eigenvalue weighted by atomic mass is 16.4. The molecule has 1 aliphatic rings. The van der Waals surface area contributed by atoms with Gasteiger partial charge in [-0.05, 0) is 54.7 Å². The van der Waals surface area contributed by atoms with E-state index in [9.17, 15) is 9.59 Å². The Morgan fingerprint density at radius 2 is 2.04 bits per heavy atom. The highest BCUT2D eigenvalue weighted by molar-refractivity contribution is 5.86. The molecule has 3 aromatic rings. The number of carboxylic acids is 1. The van der Waals surface area contributed by atoms with E-state index in [1.54, 1.807) is 24.5 Å². The molecule has 3 heterocycles. The molecule has 0 fully saturated rings. The standard InChI is InChI=1S/C21H20N2O4/c24-20(25)4-2-10-23-9-1-3-15-11-16-12-17(14-5-7-22-8-6-14)21(26)27-19(16)13-18(15)23/h5-8,11-13H,1-4,9-10H2,(H,24,25). The lowest BCUT2D eigenvalue weighted by molar-refractivity contribution is -0.137. The van der Waals surface area contributed by atoms with Gasteiger partial charge >= 0.3 is 11.6 Å². The van der Waals surface area contributed by atoms with Crippen molar-refractivity contribution < 1.29 is 14.3 Å². The number of nitrogens with zero attached hydrogens (tertiary/aromatic N) is 2. The second-order valence-corrected chi connectivity index (χ2v) is 6.79. The second kappa shape index (κ2) is 7.23. The number of carbonyl (C=O) groups is 1. The number of pyridine rings is 1. The summed E-state index contributed by atoms with van der Waals surface area (Å²) in [5.74, 6) is -0.777. The molecular weight excluding hydrogens is 344 g/mol. The zero-order valence-electron chi connectivity index (χ0n) is 14.9. The van der Waals surface area contributed by atoms with Crippen LogP contribution < -0.4 is 10.5 Å². The number of aliphatic carboxylic acids is 1. The first kappa shape index (κ1) is 17.3. The topological polar surface area (TPSA) is 83.6 Å². The van der Waals surface area contributed by atoms with Gasteiger partial charge in [0, 0.05) is 49.0 Å². The van der Waals surface area contributed by atoms with Crippen molar-refractivity contribution >= 4 is 22.6 Å². The van der Waals surface area contributed by atoms with Crippen LogP contribution in [0.2, 0.25) is 0 Å². The Kier molecular flexibility index (Phi) is 4.62. The van der Waals surface area contributed by atoms with E-state index in [2.05, 4.69) is 16.0 Å². The van der Waals surface area contributed by atoms with Gasteiger partial charge in [-0.1, -0.05) is 0 Å². The van der Waals surface area contributed by atoms with E-state index in [1.165, 1.54) is 5.56 Å². The third-order valence-corrected chi connectivity index (χ3v) is 4.96. The van der Waals surface area contributed by atoms with Gasteiger partial charge in [-0.2, -0.15) is 0 Å². The van der Waals surface area contributed by atoms with Crippen molar-refractivity contribution in [3.05, 3.63) is 58.7 Å². The van der Waals surface area contributed by atoms with E-state index in [0.29, 0.717) is 24.1 Å². The number of aromatic nitrogens is 1. The summed E-state index contributed by atoms with van der Waals surface area (Å²) in [6.45, 7) is 1.57. The number of hydrogen-bond acceptors (Lipinski definition) is 5. The Balaban J connectivity index is 1.72. The fourth-order valence-electron chi connectivity index (χ4n) is 3.66. The molecule has 0 unspecified atom stereocenters. The monoisotopic (exact) mass is 364 g/mol. The van der Waals surface area contributed by atoms with E-state index in [4.69, 9.17) is 9.52 Å². The lowest BCUT2D eigenvalue weighted by Gasteiger charge is -2.31. The molecule has 0 atom stereocenters. The van der Waals surface area contributed by atoms with E-state index < -0.39 is 5.97 Å². The molecule has 0 aliphatic carbocycles. The maximum Gasteiger partial charge on any atom is 0.344 e. The van der Waals surface area contributed by atoms with Gasteiger partial charge in [0.25, 0.3) is 0 Å². The summed E-state index contributed by atoms with van der Waals surface area (Å²) in [4.78, 5) is 29.4. The highest BCUT2D eigenvalue weighted by Crippen LogP contribution is 2.32. The summed E-state index contributed by atoms with van der Waals surface area (Å²) in [6.07, 6.45) is 6.05. The van der Waals surface area contributed by atoms with Gasteiger partial charge in [0.1, 0.15) is 5.58 Å². The molecule has 6 nitrogen and oxygen atoms in total. The summed E-state index contributed by atoms with van der Waals surface area (Å²) >= 11 is 0. The third kappa shape index (κ3) is 3.56. The third-order valence-electron chi connectivity index (χ3n) is 4.96. The second-order valence-electron chi connectivity index (χ2n) is 6.79. The summed E-state index contributed by atoms with van der Waals surface area (Å²) in [5, 5.41) is 9.75. The zero-order chi connectivity index (χ0) is 18.8. The lowest BCUT2D eigenvalue weighted by Crippen LogP contribution is -2.30. The number of fused-ring (bicyclic) bond motifs is 2. The Hall–Kier alpha value is -3.15. The molecule has 0 spiro atoms. The first-order valence-electron chi connectivity index (χ1n) is 9.10. The van der Waals surface area contributed by atoms with Crippen LogP contribution in [-0.2, 0) is 11.2 Å². The fourth-order valence-corrected chi connectivity index (χ4v) is 3.66. The van der Waals surface area contributed by atoms with Crippen LogP contribution in [0.25, 0.3) is 22.1 Å². The van der Waals surface area contributed by atoms with E-state index in [0.717, 1.165) is 36.0 Å². The predicted octanol–water partition coefficient (Wildman–Crippen LogP) is 3.47. The number of carboxylic acid groups (broad SMARTS) is 1. The number of aryl methyl sites for hydroxylation is 1. The van der Waals surface area contributed by atoms with Crippen molar-refractivity contribution in [3.63, 3.8) is 0 Å². The minimum absolute atomic E-state index is 0.157. The first-order chi connectivity index (χ1) is 13.1. The number of benzene rings is 1. The number of anilines is 1. The molecule has 138 valence electrons. The quantitative estimate of drug-likeness (QED) is 0.698. The molecule has 0 radical (unpaired) electrons. The zero-order valence-corrected chi connectivity index (χ0v) is 14.9. The Bertz CT molecular complexity index is 1040. The van der Waals surface area contributed by atoms with Gasteiger partial charge in [-0.25, -0.2) is 4.79 Å². The Labute approximate surface area is 156 Å². The maximum atomic E-state index is 12.5. The lowest BCUT2D eigenvalue weighted by atomic mass is 9.98. The van der Waals surface area contributed by atoms with E-state index >= 15 is 0 Å². The minimum Gasteiger partial charge on any atom is -0.481 e. The molecular formula is C21H20N2O4. The summed E-state index contributed by atoms with van der Waals surface area (Å²) < 4.78 is 5.61. The average molecular weight is 364 g/mol. The summed E-state index contributed by atoms with van der Waals surface area (Å²) in [5.41, 5.74) is 3.74. The van der Waals surface area contributed by atoms with Gasteiger partial charge in [0.15, 0.2) is 0 Å². The van der Waals surface area contributed by atoms with Crippen molar-refractivity contribution in [2.75, 3.05) is 18.0 Å². The van der Waals surface area contributed by atoms with E-state index in [1.807, 2.05) is 12.1 Å². The number of rotatable bonds is 5. The fraction of sp³-hybridized carbons (Fsp3) is 0.286. The van der Waals surface area contributed by atoms with Crippen LogP contribution >= 0.6 is 0 Å². The Morgan fingerprint density at radius 1 is 1.22 bits per heavy atom. The molecule has 0 saturated heterocycles. The van der Waals surface area contributed by atoms with E-state index in [-0.39, 0.29) is 12.0 Å². The maximum absolute atomic E-state index is 12.5. The Morgan fingerprint density at radius 3 is 2.81 bits per heavy atom. The van der Waals surface area contributed by atoms with Crippen molar-refractivity contribution in [2.24, 2.45) is 0 Å². The molecule has 1 aromatic carbocycles. The van der Waals surface area contributed by atoms with Crippen LogP contribution in [0.4, 0.5) is 5.69 Å². The van der Waals surface area contributed by atoms with Crippen LogP contribution in [-0.4, -0.2) is 29.1 Å². The van der Waals surface area contributed by atoms with Crippen molar-refractivity contribution in [2.45, 2.75) is 25.7 Å². The molecule has 6 heteroatoms. The van der Waals surface area contributed by atoms with Crippen LogP contribution in [0.3, 0.4) is 0 Å². The molecule has 4 rings (SSSR count). The molecule has 2 aromatic heterocycles. The molecule has 0 saturated carbocycles. The van der Waals surface area contributed by atoms with Crippen LogP contribution in [0.5, 0.6) is 0 Å². The van der Waals surface area contributed by atoms with Crippen LogP contribution in [0, 0.1) is 0 Å². The van der Waals surface area contributed by atoms with Crippen molar-refractivity contribution in [1.82, 2.24) is 4.98 Å². The first-order valence-corrected chi connectivity index (χ1v) is 9.10. The summed E-state index contributed by atoms with van der Waals surface area (Å²) in [6, 6.07) is 9.46. The normalized spacial score (nSPS) is 13.6. The minimum atomic E-state index is -0.777. The molecule has 27 heavy (non-hydrogen) atoms. The molecule has 1 aliphatic heterocycles. The van der Waals surface area contributed by atoms with Crippen LogP contribution in [0.1, 0.15) is 24.8 Å². The number of hydrogen-bond donors (Lipinski definition) is 1. The van der Waals surface area contributed by atoms with Gasteiger partial charge in [-0.15, -0.1) is 0 Å². The predicted molar refractivity (Wildman–Crippen MR) is 103 cm³/mol. The van der Waals surface area contributed by atoms with Gasteiger partial charge in [0.05, 0.1) is 5.56 Å². The van der Waals surface area contributed by atoms with Gasteiger partial charge in [0.2, 0.25) is 0 Å². The average Bonchev–Trinajstić information content (AvgIpc) is 2.67. The molecule has 1 N–H and O–H groups in total. The highest BCUT2D eigenvalue weighted by Gasteiger charge is 2.19. The van der Waals surface area contributed by atoms with Crippen molar-refractivity contribution in [1.29, 1.82) is 0 Å². The van der Waals surface area contributed by atoms with Crippen molar-refractivity contribution in [3.8, 4) is 11.1 Å². The SMILES string of the molecule is O=C(O)CCCN1CCCc2cc3cc(-c4ccncc4)c(=O)oc3cc21. The smallest absolute Gasteiger partial charge is 0.344 e.